The van der Waals surface area contributed by atoms with E-state index in [2.05, 4.69) is 0 Å². The molecule has 0 aliphatic rings. The highest BCUT2D eigenvalue weighted by atomic mass is 16.5. The van der Waals surface area contributed by atoms with E-state index in [0.717, 1.165) is 0 Å². The fourth-order valence-electron chi connectivity index (χ4n) is 1.58. The van der Waals surface area contributed by atoms with Crippen LogP contribution in [0.25, 0.3) is 0 Å². The summed E-state index contributed by atoms with van der Waals surface area (Å²) in [6, 6.07) is 0. The molecule has 0 saturated heterocycles. The highest BCUT2D eigenvalue weighted by molar-refractivity contribution is 5.71. The molecular formula is C12H24NO5+. The third kappa shape index (κ3) is 10.0. The number of carbonyl (C=O) groups is 2. The minimum absolute atomic E-state index is 0.0463. The number of likely N-dealkylation sites (N-methyl/N-ethyl adjacent to an activating group) is 1. The van der Waals surface area contributed by atoms with Crippen molar-refractivity contribution in [2.45, 2.75) is 31.8 Å². The molecule has 0 aliphatic heterocycles. The van der Waals surface area contributed by atoms with Crippen LogP contribution in [0, 0.1) is 0 Å². The Bertz CT molecular complexity index is 272. The number of hydrogen-bond donors (Lipinski definition) is 2. The smallest absolute Gasteiger partial charge is 0.307 e. The van der Waals surface area contributed by atoms with Gasteiger partial charge in [-0.25, -0.2) is 0 Å². The SMILES string of the molecule is C[N+](C)(C)CC(CC(=O)O)OC(=O)CCCCO. The maximum Gasteiger partial charge on any atom is 0.307 e. The zero-order valence-corrected chi connectivity index (χ0v) is 11.4. The summed E-state index contributed by atoms with van der Waals surface area (Å²) < 4.78 is 5.70. The lowest BCUT2D eigenvalue weighted by molar-refractivity contribution is -0.873. The number of carboxylic acids is 1. The highest BCUT2D eigenvalue weighted by Crippen LogP contribution is 2.07. The van der Waals surface area contributed by atoms with Gasteiger partial charge in [-0.3, -0.25) is 9.59 Å². The molecule has 1 unspecified atom stereocenters. The number of carbonyl (C=O) groups excluding carboxylic acids is 1. The van der Waals surface area contributed by atoms with Crippen molar-refractivity contribution >= 4 is 11.9 Å². The number of rotatable bonds is 9. The Morgan fingerprint density at radius 1 is 1.22 bits per heavy atom. The van der Waals surface area contributed by atoms with E-state index in [4.69, 9.17) is 14.9 Å². The van der Waals surface area contributed by atoms with Gasteiger partial charge >= 0.3 is 11.9 Å². The summed E-state index contributed by atoms with van der Waals surface area (Å²) in [5.41, 5.74) is 0. The number of carboxylic acid groups (broad SMARTS) is 1. The molecule has 6 nitrogen and oxygen atoms in total. The first kappa shape index (κ1) is 16.9. The first-order valence-corrected chi connectivity index (χ1v) is 6.07. The summed E-state index contributed by atoms with van der Waals surface area (Å²) in [4.78, 5) is 22.2. The van der Waals surface area contributed by atoms with Gasteiger partial charge in [0.15, 0.2) is 6.10 Å². The van der Waals surface area contributed by atoms with Crippen LogP contribution in [0.5, 0.6) is 0 Å². The number of aliphatic carboxylic acids is 1. The number of esters is 1. The predicted octanol–water partition coefficient (Wildman–Crippen LogP) is 0.242. The molecule has 0 amide bonds. The molecule has 0 radical (unpaired) electrons. The fraction of sp³-hybridized carbons (Fsp3) is 0.833. The third-order valence-corrected chi connectivity index (χ3v) is 2.24. The van der Waals surface area contributed by atoms with E-state index in [0.29, 0.717) is 23.9 Å². The zero-order valence-electron chi connectivity index (χ0n) is 11.4. The van der Waals surface area contributed by atoms with E-state index in [1.165, 1.54) is 0 Å². The lowest BCUT2D eigenvalue weighted by Crippen LogP contribution is -2.43. The minimum atomic E-state index is -0.975. The summed E-state index contributed by atoms with van der Waals surface area (Å²) in [5.74, 6) is -1.38. The van der Waals surface area contributed by atoms with Gasteiger partial charge in [0.05, 0.1) is 27.6 Å². The number of aliphatic hydroxyl groups is 1. The van der Waals surface area contributed by atoms with Crippen LogP contribution in [-0.2, 0) is 14.3 Å². The molecule has 1 atom stereocenters. The molecule has 0 fully saturated rings. The molecule has 0 heterocycles. The molecule has 18 heavy (non-hydrogen) atoms. The highest BCUT2D eigenvalue weighted by Gasteiger charge is 2.24. The second-order valence-electron chi connectivity index (χ2n) is 5.36. The summed E-state index contributed by atoms with van der Waals surface area (Å²) >= 11 is 0. The number of quaternary nitrogens is 1. The monoisotopic (exact) mass is 262 g/mol. The lowest BCUT2D eigenvalue weighted by Gasteiger charge is -2.28. The van der Waals surface area contributed by atoms with Crippen molar-refractivity contribution in [3.05, 3.63) is 0 Å². The van der Waals surface area contributed by atoms with E-state index < -0.39 is 18.0 Å². The predicted molar refractivity (Wildman–Crippen MR) is 66.0 cm³/mol. The number of aliphatic hydroxyl groups excluding tert-OH is 1. The fourth-order valence-corrected chi connectivity index (χ4v) is 1.58. The number of nitrogens with zero attached hydrogens (tertiary/aromatic N) is 1. The Labute approximate surface area is 108 Å². The molecule has 0 aromatic rings. The molecule has 0 aromatic carbocycles. The van der Waals surface area contributed by atoms with Crippen molar-refractivity contribution < 1.29 is 29.0 Å². The molecule has 106 valence electrons. The van der Waals surface area contributed by atoms with E-state index in [1.807, 2.05) is 21.1 Å². The van der Waals surface area contributed by atoms with Crippen molar-refractivity contribution in [1.29, 1.82) is 0 Å². The summed E-state index contributed by atoms with van der Waals surface area (Å²) in [6.45, 7) is 0.503. The second kappa shape index (κ2) is 8.05. The van der Waals surface area contributed by atoms with Crippen molar-refractivity contribution in [3.8, 4) is 0 Å². The molecule has 0 aromatic heterocycles. The molecule has 2 N–H and O–H groups in total. The van der Waals surface area contributed by atoms with Gasteiger partial charge < -0.3 is 19.4 Å². The van der Waals surface area contributed by atoms with Crippen molar-refractivity contribution in [2.24, 2.45) is 0 Å². The van der Waals surface area contributed by atoms with Crippen LogP contribution in [0.3, 0.4) is 0 Å². The van der Waals surface area contributed by atoms with Gasteiger partial charge in [-0.15, -0.1) is 0 Å². The van der Waals surface area contributed by atoms with Crippen molar-refractivity contribution in [1.82, 2.24) is 0 Å². The van der Waals surface area contributed by atoms with Crippen LogP contribution in [0.15, 0.2) is 0 Å². The van der Waals surface area contributed by atoms with Crippen LogP contribution in [0.1, 0.15) is 25.7 Å². The van der Waals surface area contributed by atoms with E-state index in [1.54, 1.807) is 0 Å². The molecule has 0 bridgehead atoms. The van der Waals surface area contributed by atoms with E-state index in [9.17, 15) is 9.59 Å². The number of ether oxygens (including phenoxy) is 1. The number of hydrogen-bond acceptors (Lipinski definition) is 4. The van der Waals surface area contributed by atoms with Gasteiger partial charge in [0.25, 0.3) is 0 Å². The second-order valence-corrected chi connectivity index (χ2v) is 5.36. The maximum absolute atomic E-state index is 11.5. The third-order valence-electron chi connectivity index (χ3n) is 2.24. The Balaban J connectivity index is 4.22. The van der Waals surface area contributed by atoms with Crippen molar-refractivity contribution in [3.63, 3.8) is 0 Å². The van der Waals surface area contributed by atoms with Gasteiger partial charge in [-0.05, 0) is 12.8 Å². The summed E-state index contributed by atoms with van der Waals surface area (Å²) in [7, 11) is 5.73. The largest absolute Gasteiger partial charge is 0.481 e. The molecule has 0 spiro atoms. The summed E-state index contributed by atoms with van der Waals surface area (Å²) in [5, 5.41) is 17.4. The summed E-state index contributed by atoms with van der Waals surface area (Å²) in [6.07, 6.45) is 0.534. The van der Waals surface area contributed by atoms with Crippen LogP contribution in [0.4, 0.5) is 0 Å². The van der Waals surface area contributed by atoms with Gasteiger partial charge in [-0.1, -0.05) is 0 Å². The molecule has 0 rings (SSSR count). The van der Waals surface area contributed by atoms with Crippen molar-refractivity contribution in [2.75, 3.05) is 34.3 Å². The Morgan fingerprint density at radius 3 is 2.28 bits per heavy atom. The van der Waals surface area contributed by atoms with E-state index >= 15 is 0 Å². The maximum atomic E-state index is 11.5. The molecule has 6 heteroatoms. The zero-order chi connectivity index (χ0) is 14.2. The van der Waals surface area contributed by atoms with E-state index in [-0.39, 0.29) is 19.4 Å². The van der Waals surface area contributed by atoms with Crippen LogP contribution >= 0.6 is 0 Å². The normalized spacial score (nSPS) is 13.1. The van der Waals surface area contributed by atoms with Gasteiger partial charge in [0, 0.05) is 13.0 Å². The molecular weight excluding hydrogens is 238 g/mol. The first-order valence-electron chi connectivity index (χ1n) is 6.07. The first-order chi connectivity index (χ1) is 8.24. The van der Waals surface area contributed by atoms with Crippen LogP contribution in [-0.4, -0.2) is 67.0 Å². The quantitative estimate of drug-likeness (QED) is 0.353. The van der Waals surface area contributed by atoms with Gasteiger partial charge in [0.2, 0.25) is 0 Å². The van der Waals surface area contributed by atoms with Gasteiger partial charge in [-0.2, -0.15) is 0 Å². The Morgan fingerprint density at radius 2 is 1.83 bits per heavy atom. The molecule has 0 saturated carbocycles. The van der Waals surface area contributed by atoms with Crippen LogP contribution in [0.2, 0.25) is 0 Å². The average Bonchev–Trinajstić information content (AvgIpc) is 2.13. The average molecular weight is 262 g/mol. The Kier molecular flexibility index (Phi) is 7.54. The minimum Gasteiger partial charge on any atom is -0.481 e. The van der Waals surface area contributed by atoms with Gasteiger partial charge in [0.1, 0.15) is 6.54 Å². The number of unbranched alkanes of at least 4 members (excludes halogenated alkanes) is 1. The standard InChI is InChI=1S/C12H23NO5/c1-13(2,3)9-10(8-11(15)16)18-12(17)6-4-5-7-14/h10,14H,4-9H2,1-3H3/p+1. The topological polar surface area (TPSA) is 83.8 Å². The molecule has 0 aliphatic carbocycles. The Hall–Kier alpha value is -1.14. The lowest BCUT2D eigenvalue weighted by atomic mass is 10.2. The van der Waals surface area contributed by atoms with Crippen LogP contribution < -0.4 is 0 Å².